The highest BCUT2D eigenvalue weighted by atomic mass is 32.2. The maximum atomic E-state index is 12.4. The summed E-state index contributed by atoms with van der Waals surface area (Å²) in [4.78, 5) is 17.0. The maximum Gasteiger partial charge on any atom is 0.265 e. The van der Waals surface area contributed by atoms with Crippen LogP contribution in [0.5, 0.6) is 5.75 Å². The summed E-state index contributed by atoms with van der Waals surface area (Å²) in [5.41, 5.74) is 3.84. The molecule has 1 atom stereocenters. The SMILES string of the molecule is Cc1cccc(OC(C)C(=O)Nc2ccc(-c3cn4c(n3)SCC4)cc2)c1. The number of imidazole rings is 1. The van der Waals surface area contributed by atoms with E-state index in [0.29, 0.717) is 5.75 Å². The lowest BCUT2D eigenvalue weighted by Crippen LogP contribution is -2.30. The molecule has 2 heterocycles. The number of benzene rings is 2. The van der Waals surface area contributed by atoms with Gasteiger partial charge >= 0.3 is 0 Å². The van der Waals surface area contributed by atoms with E-state index >= 15 is 0 Å². The molecular formula is C21H21N3O2S. The van der Waals surface area contributed by atoms with Crippen molar-refractivity contribution in [1.82, 2.24) is 9.55 Å². The van der Waals surface area contributed by atoms with Crippen molar-refractivity contribution in [3.05, 3.63) is 60.3 Å². The van der Waals surface area contributed by atoms with Crippen LogP contribution in [0.1, 0.15) is 12.5 Å². The molecule has 1 aliphatic heterocycles. The number of aromatic nitrogens is 2. The Bertz CT molecular complexity index is 944. The zero-order valence-corrected chi connectivity index (χ0v) is 16.1. The molecule has 5 nitrogen and oxygen atoms in total. The summed E-state index contributed by atoms with van der Waals surface area (Å²) in [6.07, 6.45) is 1.50. The Morgan fingerprint density at radius 1 is 1.26 bits per heavy atom. The van der Waals surface area contributed by atoms with E-state index in [1.807, 2.05) is 55.5 Å². The summed E-state index contributed by atoms with van der Waals surface area (Å²) < 4.78 is 7.91. The number of fused-ring (bicyclic) bond motifs is 1. The number of amides is 1. The molecule has 0 saturated carbocycles. The van der Waals surface area contributed by atoms with E-state index in [9.17, 15) is 4.79 Å². The fourth-order valence-corrected chi connectivity index (χ4v) is 3.91. The van der Waals surface area contributed by atoms with E-state index in [2.05, 4.69) is 21.1 Å². The van der Waals surface area contributed by atoms with Crippen molar-refractivity contribution in [3.63, 3.8) is 0 Å². The fraction of sp³-hybridized carbons (Fsp3) is 0.238. The quantitative estimate of drug-likeness (QED) is 0.715. The van der Waals surface area contributed by atoms with Gasteiger partial charge in [-0.1, -0.05) is 36.0 Å². The average Bonchev–Trinajstić information content (AvgIpc) is 3.24. The molecule has 27 heavy (non-hydrogen) atoms. The Morgan fingerprint density at radius 3 is 2.81 bits per heavy atom. The highest BCUT2D eigenvalue weighted by molar-refractivity contribution is 7.99. The van der Waals surface area contributed by atoms with Crippen molar-refractivity contribution in [2.75, 3.05) is 11.1 Å². The molecule has 0 radical (unpaired) electrons. The normalized spacial score (nSPS) is 13.9. The first-order valence-electron chi connectivity index (χ1n) is 8.93. The fourth-order valence-electron chi connectivity index (χ4n) is 2.96. The first kappa shape index (κ1) is 17.7. The molecular weight excluding hydrogens is 358 g/mol. The molecule has 4 rings (SSSR count). The van der Waals surface area contributed by atoms with Gasteiger partial charge in [0.2, 0.25) is 0 Å². The van der Waals surface area contributed by atoms with Gasteiger partial charge in [0.25, 0.3) is 5.91 Å². The standard InChI is InChI=1S/C21H21N3O2S/c1-14-4-3-5-18(12-14)26-15(2)20(25)22-17-8-6-16(7-9-17)19-13-24-10-11-27-21(24)23-19/h3-9,12-13,15H,10-11H2,1-2H3,(H,22,25). The van der Waals surface area contributed by atoms with Crippen LogP contribution in [0.3, 0.4) is 0 Å². The van der Waals surface area contributed by atoms with E-state index in [1.54, 1.807) is 18.7 Å². The van der Waals surface area contributed by atoms with Gasteiger partial charge in [0, 0.05) is 29.7 Å². The Labute approximate surface area is 162 Å². The van der Waals surface area contributed by atoms with Crippen LogP contribution in [0.2, 0.25) is 0 Å². The molecule has 3 aromatic rings. The molecule has 0 fully saturated rings. The van der Waals surface area contributed by atoms with Crippen LogP contribution < -0.4 is 10.1 Å². The molecule has 138 valence electrons. The summed E-state index contributed by atoms with van der Waals surface area (Å²) in [5, 5.41) is 3.97. The third kappa shape index (κ3) is 4.01. The first-order valence-corrected chi connectivity index (χ1v) is 9.92. The van der Waals surface area contributed by atoms with Crippen LogP contribution in [0.4, 0.5) is 5.69 Å². The number of carbonyl (C=O) groups is 1. The lowest BCUT2D eigenvalue weighted by molar-refractivity contribution is -0.122. The zero-order valence-electron chi connectivity index (χ0n) is 15.3. The van der Waals surface area contributed by atoms with Gasteiger partial charge in [-0.25, -0.2) is 4.98 Å². The van der Waals surface area contributed by atoms with Gasteiger partial charge < -0.3 is 14.6 Å². The van der Waals surface area contributed by atoms with Crippen molar-refractivity contribution < 1.29 is 9.53 Å². The molecule has 0 spiro atoms. The Balaban J connectivity index is 1.39. The van der Waals surface area contributed by atoms with Crippen LogP contribution in [0.25, 0.3) is 11.3 Å². The third-order valence-electron chi connectivity index (χ3n) is 4.42. The van der Waals surface area contributed by atoms with Gasteiger partial charge in [-0.05, 0) is 43.7 Å². The van der Waals surface area contributed by atoms with E-state index in [4.69, 9.17) is 4.74 Å². The molecule has 1 aromatic heterocycles. The van der Waals surface area contributed by atoms with Crippen molar-refractivity contribution in [3.8, 4) is 17.0 Å². The first-order chi connectivity index (χ1) is 13.1. The number of thioether (sulfide) groups is 1. The molecule has 0 bridgehead atoms. The third-order valence-corrected chi connectivity index (χ3v) is 5.39. The number of hydrogen-bond acceptors (Lipinski definition) is 4. The van der Waals surface area contributed by atoms with E-state index in [1.165, 1.54) is 0 Å². The highest BCUT2D eigenvalue weighted by Gasteiger charge is 2.17. The number of aryl methyl sites for hydroxylation is 2. The Kier molecular flexibility index (Phi) is 4.90. The van der Waals surface area contributed by atoms with Crippen molar-refractivity contribution >= 4 is 23.4 Å². The minimum atomic E-state index is -0.584. The molecule has 2 aromatic carbocycles. The molecule has 0 saturated heterocycles. The average molecular weight is 379 g/mol. The number of carbonyl (C=O) groups excluding carboxylic acids is 1. The largest absolute Gasteiger partial charge is 0.481 e. The van der Waals surface area contributed by atoms with Gasteiger partial charge in [-0.15, -0.1) is 0 Å². The molecule has 1 aliphatic rings. The number of anilines is 1. The van der Waals surface area contributed by atoms with Crippen LogP contribution in [-0.2, 0) is 11.3 Å². The smallest absolute Gasteiger partial charge is 0.265 e. The summed E-state index contributed by atoms with van der Waals surface area (Å²) in [7, 11) is 0. The van der Waals surface area contributed by atoms with Crippen molar-refractivity contribution in [2.24, 2.45) is 0 Å². The van der Waals surface area contributed by atoms with Gasteiger partial charge in [0.05, 0.1) is 5.69 Å². The number of nitrogens with one attached hydrogen (secondary N) is 1. The number of rotatable bonds is 5. The topological polar surface area (TPSA) is 56.1 Å². The van der Waals surface area contributed by atoms with Crippen molar-refractivity contribution in [1.29, 1.82) is 0 Å². The van der Waals surface area contributed by atoms with Gasteiger partial charge in [0.15, 0.2) is 11.3 Å². The minimum absolute atomic E-state index is 0.179. The monoisotopic (exact) mass is 379 g/mol. The minimum Gasteiger partial charge on any atom is -0.481 e. The van der Waals surface area contributed by atoms with Gasteiger partial charge in [-0.2, -0.15) is 0 Å². The van der Waals surface area contributed by atoms with E-state index < -0.39 is 6.10 Å². The van der Waals surface area contributed by atoms with Crippen LogP contribution in [0.15, 0.2) is 59.9 Å². The summed E-state index contributed by atoms with van der Waals surface area (Å²) in [5.74, 6) is 1.61. The molecule has 0 aliphatic carbocycles. The number of ether oxygens (including phenoxy) is 1. The van der Waals surface area contributed by atoms with Crippen molar-refractivity contribution in [2.45, 2.75) is 31.7 Å². The second kappa shape index (κ2) is 7.48. The lowest BCUT2D eigenvalue weighted by Gasteiger charge is -2.15. The predicted molar refractivity (Wildman–Crippen MR) is 108 cm³/mol. The molecule has 1 N–H and O–H groups in total. The molecule has 6 heteroatoms. The summed E-state index contributed by atoms with van der Waals surface area (Å²) in [6, 6.07) is 15.4. The van der Waals surface area contributed by atoms with E-state index in [0.717, 1.165) is 40.0 Å². The number of nitrogens with zero attached hydrogens (tertiary/aromatic N) is 2. The second-order valence-electron chi connectivity index (χ2n) is 6.59. The zero-order chi connectivity index (χ0) is 18.8. The second-order valence-corrected chi connectivity index (χ2v) is 7.66. The molecule has 1 amide bonds. The predicted octanol–water partition coefficient (Wildman–Crippen LogP) is 4.37. The van der Waals surface area contributed by atoms with E-state index in [-0.39, 0.29) is 5.91 Å². The summed E-state index contributed by atoms with van der Waals surface area (Å²) >= 11 is 1.78. The highest BCUT2D eigenvalue weighted by Crippen LogP contribution is 2.29. The summed E-state index contributed by atoms with van der Waals surface area (Å²) in [6.45, 7) is 4.75. The van der Waals surface area contributed by atoms with Crippen LogP contribution >= 0.6 is 11.8 Å². The van der Waals surface area contributed by atoms with Crippen LogP contribution in [-0.4, -0.2) is 27.3 Å². The van der Waals surface area contributed by atoms with Crippen LogP contribution in [0, 0.1) is 6.92 Å². The maximum absolute atomic E-state index is 12.4. The lowest BCUT2D eigenvalue weighted by atomic mass is 10.1. The Hall–Kier alpha value is -2.73. The Morgan fingerprint density at radius 2 is 2.07 bits per heavy atom. The van der Waals surface area contributed by atoms with Gasteiger partial charge in [0.1, 0.15) is 5.75 Å². The van der Waals surface area contributed by atoms with Gasteiger partial charge in [-0.3, -0.25) is 4.79 Å². The number of hydrogen-bond donors (Lipinski definition) is 1. The molecule has 1 unspecified atom stereocenters.